The number of carbonyl (C=O) groups excluding carboxylic acids is 1. The number of aliphatic carboxylic acids is 1. The average Bonchev–Trinajstić information content (AvgIpc) is 2.90. The number of ether oxygens (including phenoxy) is 1. The third-order valence-corrected chi connectivity index (χ3v) is 6.06. The minimum atomic E-state index is -0.803. The monoisotopic (exact) mass is 483 g/mol. The van der Waals surface area contributed by atoms with E-state index >= 15 is 0 Å². The van der Waals surface area contributed by atoms with Crippen LogP contribution in [-0.4, -0.2) is 34.1 Å². The highest BCUT2D eigenvalue weighted by molar-refractivity contribution is 5.97. The molecular weight excluding hydrogens is 454 g/mol. The second-order valence-electron chi connectivity index (χ2n) is 8.66. The Morgan fingerprint density at radius 1 is 0.944 bits per heavy atom. The SMILES string of the molecule is COc1ccc(C(C)NC(=O)c2ccc3nc(-c4ccccc4)c(CCCCC(=O)O)nc3c2)cc1. The van der Waals surface area contributed by atoms with Crippen LogP contribution >= 0.6 is 0 Å². The van der Waals surface area contributed by atoms with Crippen molar-refractivity contribution in [3.63, 3.8) is 0 Å². The molecule has 0 spiro atoms. The van der Waals surface area contributed by atoms with Gasteiger partial charge < -0.3 is 15.2 Å². The van der Waals surface area contributed by atoms with Gasteiger partial charge in [-0.25, -0.2) is 9.97 Å². The molecule has 0 fully saturated rings. The van der Waals surface area contributed by atoms with Crippen molar-refractivity contribution in [2.24, 2.45) is 0 Å². The third-order valence-electron chi connectivity index (χ3n) is 6.06. The fourth-order valence-electron chi connectivity index (χ4n) is 4.06. The molecule has 0 bridgehead atoms. The maximum absolute atomic E-state index is 13.0. The molecule has 0 aliphatic carbocycles. The number of hydrogen-bond acceptors (Lipinski definition) is 5. The van der Waals surface area contributed by atoms with Crippen molar-refractivity contribution in [2.45, 2.75) is 38.6 Å². The number of methoxy groups -OCH3 is 1. The maximum Gasteiger partial charge on any atom is 0.303 e. The van der Waals surface area contributed by atoms with E-state index in [9.17, 15) is 9.59 Å². The van der Waals surface area contributed by atoms with Crippen LogP contribution in [0.2, 0.25) is 0 Å². The van der Waals surface area contributed by atoms with E-state index in [1.165, 1.54) is 0 Å². The number of carboxylic acid groups (broad SMARTS) is 1. The predicted molar refractivity (Wildman–Crippen MR) is 139 cm³/mol. The Balaban J connectivity index is 1.59. The van der Waals surface area contributed by atoms with Crippen molar-refractivity contribution in [3.8, 4) is 17.0 Å². The summed E-state index contributed by atoms with van der Waals surface area (Å²) in [4.78, 5) is 33.6. The number of carbonyl (C=O) groups is 2. The summed E-state index contributed by atoms with van der Waals surface area (Å²) in [5, 5.41) is 12.0. The van der Waals surface area contributed by atoms with Gasteiger partial charge in [0.05, 0.1) is 35.6 Å². The molecule has 7 nitrogen and oxygen atoms in total. The molecule has 184 valence electrons. The van der Waals surface area contributed by atoms with Crippen LogP contribution in [0.1, 0.15) is 53.8 Å². The number of unbranched alkanes of at least 4 members (excludes halogenated alkanes) is 1. The first-order valence-corrected chi connectivity index (χ1v) is 12.0. The van der Waals surface area contributed by atoms with E-state index in [1.54, 1.807) is 19.2 Å². The lowest BCUT2D eigenvalue weighted by atomic mass is 10.0. The van der Waals surface area contributed by atoms with Crippen molar-refractivity contribution in [1.29, 1.82) is 0 Å². The largest absolute Gasteiger partial charge is 0.497 e. The number of benzene rings is 3. The Labute approximate surface area is 210 Å². The van der Waals surface area contributed by atoms with E-state index in [2.05, 4.69) is 5.32 Å². The number of nitrogens with one attached hydrogen (secondary N) is 1. The highest BCUT2D eigenvalue weighted by atomic mass is 16.5. The first-order valence-electron chi connectivity index (χ1n) is 12.0. The molecule has 1 heterocycles. The summed E-state index contributed by atoms with van der Waals surface area (Å²) in [7, 11) is 1.62. The fourth-order valence-corrected chi connectivity index (χ4v) is 4.06. The van der Waals surface area contributed by atoms with Gasteiger partial charge in [-0.15, -0.1) is 0 Å². The van der Waals surface area contributed by atoms with Gasteiger partial charge in [-0.3, -0.25) is 9.59 Å². The van der Waals surface area contributed by atoms with E-state index in [0.717, 1.165) is 28.3 Å². The summed E-state index contributed by atoms with van der Waals surface area (Å²) in [5.74, 6) is -0.237. The van der Waals surface area contributed by atoms with Crippen molar-refractivity contribution in [1.82, 2.24) is 15.3 Å². The van der Waals surface area contributed by atoms with Crippen molar-refractivity contribution in [2.75, 3.05) is 7.11 Å². The lowest BCUT2D eigenvalue weighted by Gasteiger charge is -2.15. The molecule has 0 saturated carbocycles. The van der Waals surface area contributed by atoms with Gasteiger partial charge in [-0.05, 0) is 62.1 Å². The summed E-state index contributed by atoms with van der Waals surface area (Å²) in [6.07, 6.45) is 1.98. The summed E-state index contributed by atoms with van der Waals surface area (Å²) in [6.45, 7) is 1.93. The Kier molecular flexibility index (Phi) is 7.90. The lowest BCUT2D eigenvalue weighted by molar-refractivity contribution is -0.137. The number of aryl methyl sites for hydroxylation is 1. The molecule has 1 amide bonds. The second kappa shape index (κ2) is 11.4. The lowest BCUT2D eigenvalue weighted by Crippen LogP contribution is -2.26. The molecule has 1 unspecified atom stereocenters. The molecule has 3 aromatic carbocycles. The Morgan fingerprint density at radius 2 is 1.69 bits per heavy atom. The molecule has 2 N–H and O–H groups in total. The van der Waals surface area contributed by atoms with Crippen LogP contribution in [0, 0.1) is 0 Å². The Morgan fingerprint density at radius 3 is 2.39 bits per heavy atom. The van der Waals surface area contributed by atoms with Gasteiger partial charge in [0.1, 0.15) is 5.75 Å². The van der Waals surface area contributed by atoms with E-state index in [-0.39, 0.29) is 18.4 Å². The van der Waals surface area contributed by atoms with E-state index < -0.39 is 5.97 Å². The van der Waals surface area contributed by atoms with Gasteiger partial charge in [0.25, 0.3) is 5.91 Å². The highest BCUT2D eigenvalue weighted by Gasteiger charge is 2.15. The minimum absolute atomic E-state index is 0.123. The summed E-state index contributed by atoms with van der Waals surface area (Å²) < 4.78 is 5.20. The molecule has 4 rings (SSSR count). The second-order valence-corrected chi connectivity index (χ2v) is 8.66. The smallest absolute Gasteiger partial charge is 0.303 e. The number of rotatable bonds is 10. The molecule has 1 aromatic heterocycles. The van der Waals surface area contributed by atoms with Crippen LogP contribution in [0.5, 0.6) is 5.75 Å². The first-order chi connectivity index (χ1) is 17.4. The molecule has 1 atom stereocenters. The van der Waals surface area contributed by atoms with Gasteiger partial charge in [-0.2, -0.15) is 0 Å². The molecule has 0 radical (unpaired) electrons. The number of nitrogens with zero attached hydrogens (tertiary/aromatic N) is 2. The number of amides is 1. The van der Waals surface area contributed by atoms with Gasteiger partial charge >= 0.3 is 5.97 Å². The maximum atomic E-state index is 13.0. The number of fused-ring (bicyclic) bond motifs is 1. The molecule has 36 heavy (non-hydrogen) atoms. The normalized spacial score (nSPS) is 11.7. The topological polar surface area (TPSA) is 101 Å². The predicted octanol–water partition coefficient (Wildman–Crippen LogP) is 5.59. The zero-order valence-corrected chi connectivity index (χ0v) is 20.4. The van der Waals surface area contributed by atoms with Crippen LogP contribution in [0.25, 0.3) is 22.3 Å². The average molecular weight is 484 g/mol. The van der Waals surface area contributed by atoms with Crippen molar-refractivity contribution >= 4 is 22.9 Å². The number of hydrogen-bond donors (Lipinski definition) is 2. The van der Waals surface area contributed by atoms with E-state index in [4.69, 9.17) is 19.8 Å². The number of carboxylic acids is 1. The third kappa shape index (κ3) is 6.05. The van der Waals surface area contributed by atoms with E-state index in [1.807, 2.05) is 67.6 Å². The first kappa shape index (κ1) is 24.9. The standard InChI is InChI=1S/C29H29N3O4/c1-19(20-12-15-23(36-2)16-13-20)30-29(35)22-14-17-24-26(18-22)31-25(10-6-7-11-27(33)34)28(32-24)21-8-4-3-5-9-21/h3-5,8-9,12-19H,6-7,10-11H2,1-2H3,(H,30,35)(H,33,34). The Hall–Kier alpha value is -4.26. The Bertz CT molecular complexity index is 1350. The van der Waals surface area contributed by atoms with Crippen molar-refractivity contribution in [3.05, 3.63) is 89.6 Å². The zero-order valence-electron chi connectivity index (χ0n) is 20.4. The van der Waals surface area contributed by atoms with Gasteiger partial charge in [0.15, 0.2) is 0 Å². The minimum Gasteiger partial charge on any atom is -0.497 e. The molecule has 0 saturated heterocycles. The molecule has 0 aliphatic rings. The zero-order chi connectivity index (χ0) is 25.5. The molecule has 4 aromatic rings. The molecular formula is C29H29N3O4. The van der Waals surface area contributed by atoms with Gasteiger partial charge in [-0.1, -0.05) is 42.5 Å². The quantitative estimate of drug-likeness (QED) is 0.285. The van der Waals surface area contributed by atoms with Crippen molar-refractivity contribution < 1.29 is 19.4 Å². The van der Waals surface area contributed by atoms with Crippen LogP contribution in [-0.2, 0) is 11.2 Å². The summed E-state index contributed by atoms with van der Waals surface area (Å²) in [5.41, 5.74) is 5.33. The summed E-state index contributed by atoms with van der Waals surface area (Å²) in [6, 6.07) is 22.6. The van der Waals surface area contributed by atoms with Gasteiger partial charge in [0.2, 0.25) is 0 Å². The number of aromatic nitrogens is 2. The van der Waals surface area contributed by atoms with Crippen LogP contribution in [0.3, 0.4) is 0 Å². The fraction of sp³-hybridized carbons (Fsp3) is 0.241. The molecule has 0 aliphatic heterocycles. The highest BCUT2D eigenvalue weighted by Crippen LogP contribution is 2.26. The van der Waals surface area contributed by atoms with Crippen LogP contribution < -0.4 is 10.1 Å². The summed E-state index contributed by atoms with van der Waals surface area (Å²) >= 11 is 0. The molecule has 7 heteroatoms. The van der Waals surface area contributed by atoms with E-state index in [0.29, 0.717) is 35.9 Å². The van der Waals surface area contributed by atoms with Gasteiger partial charge in [0, 0.05) is 17.5 Å². The van der Waals surface area contributed by atoms with Crippen LogP contribution in [0.4, 0.5) is 0 Å². The van der Waals surface area contributed by atoms with Crippen LogP contribution in [0.15, 0.2) is 72.8 Å².